The van der Waals surface area contributed by atoms with E-state index in [0.717, 1.165) is 15.7 Å². The van der Waals surface area contributed by atoms with Gasteiger partial charge in [0.15, 0.2) is 0 Å². The molecule has 0 saturated heterocycles. The van der Waals surface area contributed by atoms with Crippen LogP contribution in [0.25, 0.3) is 0 Å². The van der Waals surface area contributed by atoms with Gasteiger partial charge in [-0.25, -0.2) is 9.97 Å². The lowest BCUT2D eigenvalue weighted by atomic mass is 10.2. The van der Waals surface area contributed by atoms with E-state index in [0.29, 0.717) is 0 Å². The summed E-state index contributed by atoms with van der Waals surface area (Å²) in [4.78, 5) is 19.6. The van der Waals surface area contributed by atoms with Crippen molar-refractivity contribution >= 4 is 39.1 Å². The maximum atomic E-state index is 11.9. The molecular weight excluding hydrogens is 318 g/mol. The Morgan fingerprint density at radius 1 is 1.33 bits per heavy atom. The Balaban J connectivity index is 2.21. The summed E-state index contributed by atoms with van der Waals surface area (Å²) in [6.07, 6.45) is 2.68. The van der Waals surface area contributed by atoms with Crippen molar-refractivity contribution in [3.63, 3.8) is 0 Å². The molecule has 0 aliphatic rings. The number of aryl methyl sites for hydroxylation is 1. The Labute approximate surface area is 118 Å². The molecule has 2 rings (SSSR count). The smallest absolute Gasteiger partial charge is 0.275 e. The Morgan fingerprint density at radius 3 is 2.78 bits per heavy atom. The van der Waals surface area contributed by atoms with Gasteiger partial charge in [0.1, 0.15) is 10.8 Å². The zero-order valence-corrected chi connectivity index (χ0v) is 11.8. The van der Waals surface area contributed by atoms with Crippen molar-refractivity contribution in [1.82, 2.24) is 9.97 Å². The minimum absolute atomic E-state index is 0.221. The van der Waals surface area contributed by atoms with Crippen molar-refractivity contribution in [1.29, 1.82) is 0 Å². The highest BCUT2D eigenvalue weighted by Gasteiger charge is 2.09. The van der Waals surface area contributed by atoms with Crippen molar-refractivity contribution in [3.8, 4) is 0 Å². The number of amides is 1. The molecule has 1 aromatic carbocycles. The first kappa shape index (κ1) is 13.0. The van der Waals surface area contributed by atoms with Crippen LogP contribution in [0.5, 0.6) is 0 Å². The summed E-state index contributed by atoms with van der Waals surface area (Å²) in [6.45, 7) is 1.91. The third kappa shape index (κ3) is 3.05. The molecule has 1 N–H and O–H groups in total. The van der Waals surface area contributed by atoms with Gasteiger partial charge in [0.25, 0.3) is 5.91 Å². The summed E-state index contributed by atoms with van der Waals surface area (Å²) in [5.41, 5.74) is 1.92. The average Bonchev–Trinajstić information content (AvgIpc) is 2.34. The van der Waals surface area contributed by atoms with E-state index in [-0.39, 0.29) is 16.8 Å². The van der Waals surface area contributed by atoms with Gasteiger partial charge in [-0.3, -0.25) is 4.79 Å². The van der Waals surface area contributed by atoms with E-state index in [4.69, 9.17) is 11.6 Å². The Kier molecular flexibility index (Phi) is 3.93. The number of rotatable bonds is 2. The number of hydrogen-bond donors (Lipinski definition) is 1. The van der Waals surface area contributed by atoms with Gasteiger partial charge in [-0.05, 0) is 24.6 Å². The zero-order valence-electron chi connectivity index (χ0n) is 9.45. The number of nitrogens with one attached hydrogen (secondary N) is 1. The third-order valence-electron chi connectivity index (χ3n) is 2.30. The second kappa shape index (κ2) is 5.46. The summed E-state index contributed by atoms with van der Waals surface area (Å²) in [5.74, 6) is -0.319. The molecule has 92 valence electrons. The Bertz CT molecular complexity index is 586. The van der Waals surface area contributed by atoms with Gasteiger partial charge in [-0.1, -0.05) is 33.6 Å². The minimum Gasteiger partial charge on any atom is -0.320 e. The van der Waals surface area contributed by atoms with Gasteiger partial charge in [0.05, 0.1) is 12.4 Å². The lowest BCUT2D eigenvalue weighted by Crippen LogP contribution is -2.14. The van der Waals surface area contributed by atoms with Gasteiger partial charge in [-0.15, -0.1) is 0 Å². The molecular formula is C12H9BrClN3O. The van der Waals surface area contributed by atoms with Gasteiger partial charge >= 0.3 is 0 Å². The van der Waals surface area contributed by atoms with Crippen LogP contribution < -0.4 is 5.32 Å². The van der Waals surface area contributed by atoms with Crippen molar-refractivity contribution in [2.75, 3.05) is 5.32 Å². The van der Waals surface area contributed by atoms with Gasteiger partial charge in [0, 0.05) is 10.2 Å². The normalized spacial score (nSPS) is 10.2. The molecule has 4 nitrogen and oxygen atoms in total. The van der Waals surface area contributed by atoms with Crippen LogP contribution in [0.2, 0.25) is 5.15 Å². The molecule has 0 radical (unpaired) electrons. The highest BCUT2D eigenvalue weighted by molar-refractivity contribution is 9.10. The van der Waals surface area contributed by atoms with Crippen LogP contribution in [0.3, 0.4) is 0 Å². The van der Waals surface area contributed by atoms with Crippen LogP contribution in [0, 0.1) is 6.92 Å². The summed E-state index contributed by atoms with van der Waals surface area (Å²) >= 11 is 8.97. The number of aromatic nitrogens is 2. The average molecular weight is 327 g/mol. The van der Waals surface area contributed by atoms with Crippen LogP contribution in [0.1, 0.15) is 16.1 Å². The Hall–Kier alpha value is -1.46. The molecule has 0 saturated carbocycles. The molecule has 0 fully saturated rings. The van der Waals surface area contributed by atoms with Gasteiger partial charge in [0.2, 0.25) is 0 Å². The predicted octanol–water partition coefficient (Wildman–Crippen LogP) is 3.45. The van der Waals surface area contributed by atoms with Crippen molar-refractivity contribution in [3.05, 3.63) is 51.5 Å². The van der Waals surface area contributed by atoms with Crippen LogP contribution in [-0.2, 0) is 0 Å². The van der Waals surface area contributed by atoms with Crippen LogP contribution in [0.15, 0.2) is 35.1 Å². The SMILES string of the molecule is Cc1ccc(Br)cc1NC(=O)c1cnc(Cl)cn1. The first-order valence-electron chi connectivity index (χ1n) is 5.11. The number of carbonyl (C=O) groups is 1. The van der Waals surface area contributed by atoms with E-state index in [1.807, 2.05) is 25.1 Å². The van der Waals surface area contributed by atoms with E-state index in [2.05, 4.69) is 31.2 Å². The quantitative estimate of drug-likeness (QED) is 0.919. The van der Waals surface area contributed by atoms with Crippen molar-refractivity contribution in [2.24, 2.45) is 0 Å². The maximum Gasteiger partial charge on any atom is 0.275 e. The number of benzene rings is 1. The number of anilines is 1. The predicted molar refractivity (Wildman–Crippen MR) is 73.9 cm³/mol. The summed E-state index contributed by atoms with van der Waals surface area (Å²) in [5, 5.41) is 3.03. The second-order valence-corrected chi connectivity index (χ2v) is 4.94. The van der Waals surface area contributed by atoms with E-state index < -0.39 is 0 Å². The fraction of sp³-hybridized carbons (Fsp3) is 0.0833. The molecule has 1 amide bonds. The second-order valence-electron chi connectivity index (χ2n) is 3.64. The lowest BCUT2D eigenvalue weighted by molar-refractivity contribution is 0.102. The fourth-order valence-corrected chi connectivity index (χ4v) is 1.80. The molecule has 1 aromatic heterocycles. The summed E-state index contributed by atoms with van der Waals surface area (Å²) in [7, 11) is 0. The maximum absolute atomic E-state index is 11.9. The van der Waals surface area contributed by atoms with E-state index in [1.165, 1.54) is 12.4 Å². The lowest BCUT2D eigenvalue weighted by Gasteiger charge is -2.08. The minimum atomic E-state index is -0.319. The zero-order chi connectivity index (χ0) is 13.1. The molecule has 6 heteroatoms. The van der Waals surface area contributed by atoms with Gasteiger partial charge in [-0.2, -0.15) is 0 Å². The van der Waals surface area contributed by atoms with Crippen molar-refractivity contribution in [2.45, 2.75) is 6.92 Å². The standard InChI is InChI=1S/C12H9BrClN3O/c1-7-2-3-8(13)4-9(7)17-12(18)10-5-16-11(14)6-15-10/h2-6H,1H3,(H,17,18). The van der Waals surface area contributed by atoms with E-state index in [9.17, 15) is 4.79 Å². The van der Waals surface area contributed by atoms with Crippen LogP contribution >= 0.6 is 27.5 Å². The molecule has 18 heavy (non-hydrogen) atoms. The number of halogens is 2. The fourth-order valence-electron chi connectivity index (χ4n) is 1.34. The molecule has 0 atom stereocenters. The van der Waals surface area contributed by atoms with Crippen molar-refractivity contribution < 1.29 is 4.79 Å². The van der Waals surface area contributed by atoms with E-state index in [1.54, 1.807) is 0 Å². The van der Waals surface area contributed by atoms with Crippen LogP contribution in [0.4, 0.5) is 5.69 Å². The van der Waals surface area contributed by atoms with Crippen LogP contribution in [-0.4, -0.2) is 15.9 Å². The highest BCUT2D eigenvalue weighted by Crippen LogP contribution is 2.21. The topological polar surface area (TPSA) is 54.9 Å². The molecule has 0 bridgehead atoms. The molecule has 0 spiro atoms. The number of nitrogens with zero attached hydrogens (tertiary/aromatic N) is 2. The largest absolute Gasteiger partial charge is 0.320 e. The number of hydrogen-bond acceptors (Lipinski definition) is 3. The molecule has 1 heterocycles. The molecule has 0 aliphatic heterocycles. The highest BCUT2D eigenvalue weighted by atomic mass is 79.9. The molecule has 0 unspecified atom stereocenters. The summed E-state index contributed by atoms with van der Waals surface area (Å²) < 4.78 is 0.894. The third-order valence-corrected chi connectivity index (χ3v) is 2.99. The van der Waals surface area contributed by atoms with E-state index >= 15 is 0 Å². The monoisotopic (exact) mass is 325 g/mol. The van der Waals surface area contributed by atoms with Gasteiger partial charge < -0.3 is 5.32 Å². The first-order valence-corrected chi connectivity index (χ1v) is 6.28. The molecule has 0 aliphatic carbocycles. The summed E-state index contributed by atoms with van der Waals surface area (Å²) in [6, 6.07) is 5.65. The first-order chi connectivity index (χ1) is 8.56. The molecule has 2 aromatic rings. The Morgan fingerprint density at radius 2 is 2.11 bits per heavy atom. The number of carbonyl (C=O) groups excluding carboxylic acids is 1.